The lowest BCUT2D eigenvalue weighted by molar-refractivity contribution is 0.406. The number of alkyl halides is 1. The van der Waals surface area contributed by atoms with Crippen LogP contribution in [0.4, 0.5) is 0 Å². The van der Waals surface area contributed by atoms with E-state index in [0.717, 1.165) is 17.8 Å². The molecule has 1 nitrogen and oxygen atoms in total. The molecular weight excluding hydrogens is 202 g/mol. The van der Waals surface area contributed by atoms with E-state index in [1.54, 1.807) is 0 Å². The van der Waals surface area contributed by atoms with Crippen LogP contribution >= 0.6 is 15.9 Å². The summed E-state index contributed by atoms with van der Waals surface area (Å²) in [6.07, 6.45) is 0. The van der Waals surface area contributed by atoms with E-state index in [0.29, 0.717) is 12.0 Å². The molecule has 0 fully saturated rings. The van der Waals surface area contributed by atoms with Crippen molar-refractivity contribution in [1.82, 2.24) is 5.32 Å². The van der Waals surface area contributed by atoms with Crippen molar-refractivity contribution >= 4 is 15.9 Å². The van der Waals surface area contributed by atoms with E-state index in [1.165, 1.54) is 0 Å². The average molecular weight is 222 g/mol. The van der Waals surface area contributed by atoms with Gasteiger partial charge in [0.15, 0.2) is 0 Å². The minimum absolute atomic E-state index is 0.622. The van der Waals surface area contributed by atoms with E-state index in [-0.39, 0.29) is 0 Å². The smallest absolute Gasteiger partial charge is 0.00724 e. The molecule has 2 atom stereocenters. The van der Waals surface area contributed by atoms with Crippen LogP contribution < -0.4 is 5.32 Å². The van der Waals surface area contributed by atoms with Gasteiger partial charge in [-0.05, 0) is 25.3 Å². The average Bonchev–Trinajstić information content (AvgIpc) is 1.98. The third kappa shape index (κ3) is 5.68. The van der Waals surface area contributed by atoms with Crippen LogP contribution in [0.3, 0.4) is 0 Å². The molecule has 68 valence electrons. The highest BCUT2D eigenvalue weighted by molar-refractivity contribution is 9.09. The molecule has 0 spiro atoms. The molecule has 0 aliphatic rings. The Hall–Kier alpha value is 0.440. The molecular formula is C9H20BrN. The molecule has 1 N–H and O–H groups in total. The topological polar surface area (TPSA) is 12.0 Å². The number of nitrogens with one attached hydrogen (secondary N) is 1. The maximum absolute atomic E-state index is 3.50. The molecule has 0 saturated heterocycles. The van der Waals surface area contributed by atoms with Crippen molar-refractivity contribution in [3.05, 3.63) is 0 Å². The van der Waals surface area contributed by atoms with Crippen LogP contribution in [0.5, 0.6) is 0 Å². The van der Waals surface area contributed by atoms with E-state index in [2.05, 4.69) is 48.9 Å². The maximum Gasteiger partial charge on any atom is 0.00724 e. The molecule has 0 aromatic heterocycles. The molecule has 0 heterocycles. The molecule has 0 bridgehead atoms. The minimum atomic E-state index is 0.622. The van der Waals surface area contributed by atoms with Gasteiger partial charge in [0.25, 0.3) is 0 Å². The van der Waals surface area contributed by atoms with Crippen LogP contribution in [0.15, 0.2) is 0 Å². The molecule has 0 saturated carbocycles. The van der Waals surface area contributed by atoms with Crippen LogP contribution in [0, 0.1) is 11.8 Å². The zero-order chi connectivity index (χ0) is 8.85. The van der Waals surface area contributed by atoms with Gasteiger partial charge in [0.05, 0.1) is 0 Å². The Morgan fingerprint density at radius 2 is 1.73 bits per heavy atom. The zero-order valence-corrected chi connectivity index (χ0v) is 9.61. The van der Waals surface area contributed by atoms with E-state index in [4.69, 9.17) is 0 Å². The second kappa shape index (κ2) is 6.01. The lowest BCUT2D eigenvalue weighted by Crippen LogP contribution is -2.35. The molecule has 11 heavy (non-hydrogen) atoms. The second-order valence-electron chi connectivity index (χ2n) is 3.72. The first kappa shape index (κ1) is 11.4. The number of hydrogen-bond donors (Lipinski definition) is 1. The van der Waals surface area contributed by atoms with E-state index >= 15 is 0 Å². The third-order valence-electron chi connectivity index (χ3n) is 1.95. The van der Waals surface area contributed by atoms with E-state index < -0.39 is 0 Å². The SMILES string of the molecule is CC(C)CNC(C)C(C)CBr. The molecule has 2 heteroatoms. The third-order valence-corrected chi connectivity index (χ3v) is 2.97. The van der Waals surface area contributed by atoms with Gasteiger partial charge in [-0.15, -0.1) is 0 Å². The summed E-state index contributed by atoms with van der Waals surface area (Å²) in [6.45, 7) is 10.1. The fraction of sp³-hybridized carbons (Fsp3) is 1.00. The first-order valence-electron chi connectivity index (χ1n) is 4.37. The summed E-state index contributed by atoms with van der Waals surface area (Å²) in [6, 6.07) is 0.622. The van der Waals surface area contributed by atoms with Gasteiger partial charge in [-0.25, -0.2) is 0 Å². The van der Waals surface area contributed by atoms with Crippen molar-refractivity contribution in [3.63, 3.8) is 0 Å². The monoisotopic (exact) mass is 221 g/mol. The summed E-state index contributed by atoms with van der Waals surface area (Å²) in [5.41, 5.74) is 0. The fourth-order valence-corrected chi connectivity index (χ4v) is 1.32. The predicted molar refractivity (Wildman–Crippen MR) is 55.3 cm³/mol. The Balaban J connectivity index is 3.43. The summed E-state index contributed by atoms with van der Waals surface area (Å²) in [5.74, 6) is 1.47. The second-order valence-corrected chi connectivity index (χ2v) is 4.37. The molecule has 0 amide bonds. The molecule has 0 radical (unpaired) electrons. The van der Waals surface area contributed by atoms with Gasteiger partial charge in [-0.2, -0.15) is 0 Å². The van der Waals surface area contributed by atoms with Crippen molar-refractivity contribution < 1.29 is 0 Å². The highest BCUT2D eigenvalue weighted by Crippen LogP contribution is 2.05. The molecule has 0 aromatic carbocycles. The standard InChI is InChI=1S/C9H20BrN/c1-7(2)6-11-9(4)8(3)5-10/h7-9,11H,5-6H2,1-4H3. The normalized spacial score (nSPS) is 16.9. The summed E-state index contributed by atoms with van der Waals surface area (Å²) in [5, 5.41) is 4.59. The first-order valence-corrected chi connectivity index (χ1v) is 5.49. The van der Waals surface area contributed by atoms with Crippen molar-refractivity contribution in [2.45, 2.75) is 33.7 Å². The highest BCUT2D eigenvalue weighted by Gasteiger charge is 2.09. The zero-order valence-electron chi connectivity index (χ0n) is 8.02. The van der Waals surface area contributed by atoms with Crippen LogP contribution in [-0.2, 0) is 0 Å². The van der Waals surface area contributed by atoms with Crippen LogP contribution in [0.1, 0.15) is 27.7 Å². The van der Waals surface area contributed by atoms with E-state index in [9.17, 15) is 0 Å². The maximum atomic E-state index is 3.50. The minimum Gasteiger partial charge on any atom is -0.314 e. The lowest BCUT2D eigenvalue weighted by atomic mass is 10.1. The molecule has 2 unspecified atom stereocenters. The van der Waals surface area contributed by atoms with Gasteiger partial charge < -0.3 is 5.32 Å². The van der Waals surface area contributed by atoms with Gasteiger partial charge in [0.2, 0.25) is 0 Å². The summed E-state index contributed by atoms with van der Waals surface area (Å²) in [7, 11) is 0. The summed E-state index contributed by atoms with van der Waals surface area (Å²) in [4.78, 5) is 0. The quantitative estimate of drug-likeness (QED) is 0.705. The number of halogens is 1. The molecule has 0 aliphatic carbocycles. The van der Waals surface area contributed by atoms with Gasteiger partial charge in [0, 0.05) is 11.4 Å². The Kier molecular flexibility index (Phi) is 6.25. The van der Waals surface area contributed by atoms with Crippen LogP contribution in [-0.4, -0.2) is 17.9 Å². The van der Waals surface area contributed by atoms with Gasteiger partial charge in [-0.3, -0.25) is 0 Å². The summed E-state index contributed by atoms with van der Waals surface area (Å²) < 4.78 is 0. The van der Waals surface area contributed by atoms with Crippen LogP contribution in [0.25, 0.3) is 0 Å². The van der Waals surface area contributed by atoms with Crippen molar-refractivity contribution in [1.29, 1.82) is 0 Å². The fourth-order valence-electron chi connectivity index (χ4n) is 0.756. The molecule has 0 rings (SSSR count). The number of rotatable bonds is 5. The largest absolute Gasteiger partial charge is 0.314 e. The number of hydrogen-bond acceptors (Lipinski definition) is 1. The first-order chi connectivity index (χ1) is 5.07. The van der Waals surface area contributed by atoms with Crippen molar-refractivity contribution in [2.75, 3.05) is 11.9 Å². The van der Waals surface area contributed by atoms with Gasteiger partial charge in [0.1, 0.15) is 0 Å². The Morgan fingerprint density at radius 3 is 2.09 bits per heavy atom. The lowest BCUT2D eigenvalue weighted by Gasteiger charge is -2.20. The van der Waals surface area contributed by atoms with Gasteiger partial charge >= 0.3 is 0 Å². The predicted octanol–water partition coefficient (Wildman–Crippen LogP) is 2.65. The molecule has 0 aromatic rings. The van der Waals surface area contributed by atoms with E-state index in [1.807, 2.05) is 0 Å². The Bertz CT molecular complexity index is 93.6. The van der Waals surface area contributed by atoms with Crippen molar-refractivity contribution in [3.8, 4) is 0 Å². The van der Waals surface area contributed by atoms with Gasteiger partial charge in [-0.1, -0.05) is 36.7 Å². The Morgan fingerprint density at radius 1 is 1.18 bits per heavy atom. The van der Waals surface area contributed by atoms with Crippen LogP contribution in [0.2, 0.25) is 0 Å². The molecule has 0 aliphatic heterocycles. The Labute approximate surface area is 79.1 Å². The van der Waals surface area contributed by atoms with Crippen molar-refractivity contribution in [2.24, 2.45) is 11.8 Å². The summed E-state index contributed by atoms with van der Waals surface area (Å²) >= 11 is 3.48. The highest BCUT2D eigenvalue weighted by atomic mass is 79.9.